The molecule has 24 N–H and O–H groups in total. The van der Waals surface area contributed by atoms with Gasteiger partial charge in [-0.25, -0.2) is 0 Å². The van der Waals surface area contributed by atoms with Crippen molar-refractivity contribution in [3.8, 4) is 0 Å². The molecule has 2 heterocycles. The van der Waals surface area contributed by atoms with Crippen molar-refractivity contribution >= 4 is 17.9 Å². The number of aliphatic carboxylic acids is 3. The maximum atomic E-state index is 11.0. The third-order valence-corrected chi connectivity index (χ3v) is 13.0. The van der Waals surface area contributed by atoms with Crippen LogP contribution in [0.1, 0.15) is 168 Å². The number of carboxylic acids is 3. The molecule has 3 aliphatic rings. The zero-order chi connectivity index (χ0) is 54.1. The molecule has 1 saturated carbocycles. The van der Waals surface area contributed by atoms with E-state index < -0.39 is 128 Å². The van der Waals surface area contributed by atoms with Crippen LogP contribution in [0.3, 0.4) is 0 Å². The molecule has 71 heavy (non-hydrogen) atoms. The summed E-state index contributed by atoms with van der Waals surface area (Å²) >= 11 is 0. The molecule has 0 spiro atoms. The normalized spacial score (nSPS) is 30.8. The first-order valence-corrected chi connectivity index (χ1v) is 26.3. The molecule has 2 saturated heterocycles. The van der Waals surface area contributed by atoms with E-state index in [0.29, 0.717) is 19.3 Å². The van der Waals surface area contributed by atoms with Gasteiger partial charge in [-0.05, 0) is 32.1 Å². The van der Waals surface area contributed by atoms with Crippen LogP contribution in [0.4, 0.5) is 0 Å². The second kappa shape index (κ2) is 40.1. The van der Waals surface area contributed by atoms with E-state index >= 15 is 0 Å². The maximum absolute atomic E-state index is 11.0. The molecular formula is C48H100N8O15. The van der Waals surface area contributed by atoms with Gasteiger partial charge in [-0.2, -0.15) is 0 Å². The lowest BCUT2D eigenvalue weighted by atomic mass is 9.84. The lowest BCUT2D eigenvalue weighted by molar-refractivity contribution is -0.314. The van der Waals surface area contributed by atoms with Gasteiger partial charge in [0.25, 0.3) is 0 Å². The van der Waals surface area contributed by atoms with Gasteiger partial charge in [0, 0.05) is 18.6 Å². The first-order valence-electron chi connectivity index (χ1n) is 26.3. The fraction of sp³-hybridized carbons (Fsp3) is 0.938. The third-order valence-electron chi connectivity index (χ3n) is 13.0. The first kappa shape index (κ1) is 68.7. The van der Waals surface area contributed by atoms with Gasteiger partial charge in [0.2, 0.25) is 0 Å². The summed E-state index contributed by atoms with van der Waals surface area (Å²) in [4.78, 5) is 31.0. The summed E-state index contributed by atoms with van der Waals surface area (Å²) in [5, 5.41) is 76.2. The summed E-state index contributed by atoms with van der Waals surface area (Å²) in [5.74, 6) is -2.64. The van der Waals surface area contributed by atoms with Gasteiger partial charge in [0.1, 0.15) is 54.7 Å². The number of unbranched alkanes of at least 4 members (excludes halogenated alkanes) is 15. The molecule has 0 aromatic rings. The molecule has 23 heteroatoms. The average molecular weight is 1030 g/mol. The summed E-state index contributed by atoms with van der Waals surface area (Å²) in [6, 6.07) is -5.25. The summed E-state index contributed by atoms with van der Waals surface area (Å²) < 4.78 is 22.7. The zero-order valence-corrected chi connectivity index (χ0v) is 43.0. The molecule has 3 unspecified atom stereocenters. The van der Waals surface area contributed by atoms with Crippen LogP contribution in [0.25, 0.3) is 0 Å². The highest BCUT2D eigenvalue weighted by Crippen LogP contribution is 2.31. The summed E-state index contributed by atoms with van der Waals surface area (Å²) in [5.41, 5.74) is 45.8. The quantitative estimate of drug-likeness (QED) is 0.0426. The van der Waals surface area contributed by atoms with E-state index in [0.717, 1.165) is 38.5 Å². The van der Waals surface area contributed by atoms with Gasteiger partial charge in [-0.3, -0.25) is 14.4 Å². The minimum absolute atomic E-state index is 0.0542. The second-order valence-corrected chi connectivity index (χ2v) is 19.3. The van der Waals surface area contributed by atoms with Crippen LogP contribution in [-0.2, 0) is 33.3 Å². The average Bonchev–Trinajstić information content (AvgIpc) is 3.33. The minimum Gasteiger partial charge on any atom is -0.480 e. The fourth-order valence-electron chi connectivity index (χ4n) is 8.23. The minimum atomic E-state index is -1.44. The van der Waals surface area contributed by atoms with Crippen molar-refractivity contribution in [2.45, 2.75) is 272 Å². The number of hydrogen-bond acceptors (Lipinski definition) is 20. The lowest BCUT2D eigenvalue weighted by Gasteiger charge is -2.47. The Morgan fingerprint density at radius 3 is 1.21 bits per heavy atom. The Bertz CT molecular complexity index is 1290. The molecule has 0 aromatic heterocycles. The van der Waals surface area contributed by atoms with Crippen LogP contribution >= 0.6 is 0 Å². The highest BCUT2D eigenvalue weighted by molar-refractivity contribution is 5.73. The van der Waals surface area contributed by atoms with Crippen LogP contribution in [0, 0.1) is 0 Å². The van der Waals surface area contributed by atoms with E-state index in [9.17, 15) is 39.9 Å². The van der Waals surface area contributed by atoms with Gasteiger partial charge in [0.15, 0.2) is 12.6 Å². The van der Waals surface area contributed by atoms with Crippen LogP contribution in [0.2, 0.25) is 0 Å². The second-order valence-electron chi connectivity index (χ2n) is 19.3. The van der Waals surface area contributed by atoms with E-state index in [1.165, 1.54) is 77.0 Å². The largest absolute Gasteiger partial charge is 0.480 e. The molecule has 17 atom stereocenters. The molecule has 422 valence electrons. The van der Waals surface area contributed by atoms with Crippen molar-refractivity contribution in [2.24, 2.45) is 45.9 Å². The number of carbonyl (C=O) groups is 3. The van der Waals surface area contributed by atoms with Crippen molar-refractivity contribution in [1.82, 2.24) is 0 Å². The SMILES string of the molecule is CCCCCCCCC(N)C(=O)O.CCCCCCCCC(N)C(=O)O.CCCCCCCCC(N)C(=O)O.NC[C@H]1O[C@H](O[C@H]2[C@H](O)[C@@H](O[C@H]3O[C@H](CO)[C@@H](O)[C@H](N)[C@H]3O)[C@H](N)C[C@@H]2N)[C@H](N)C[C@@H]1O. The molecular weight excluding hydrogens is 929 g/mol. The molecule has 23 nitrogen and oxygen atoms in total. The van der Waals surface area contributed by atoms with Crippen LogP contribution < -0.4 is 45.9 Å². The molecule has 0 amide bonds. The van der Waals surface area contributed by atoms with Crippen molar-refractivity contribution in [3.05, 3.63) is 0 Å². The van der Waals surface area contributed by atoms with Crippen LogP contribution in [-0.4, -0.2) is 176 Å². The molecule has 0 radical (unpaired) electrons. The number of carboxylic acid groups (broad SMARTS) is 3. The molecule has 3 rings (SSSR count). The highest BCUT2D eigenvalue weighted by atomic mass is 16.7. The Hall–Kier alpha value is -2.27. The van der Waals surface area contributed by atoms with Crippen molar-refractivity contribution in [1.29, 1.82) is 0 Å². The topological polar surface area (TPSA) is 458 Å². The van der Waals surface area contributed by atoms with Crippen LogP contribution in [0.5, 0.6) is 0 Å². The Kier molecular flexibility index (Phi) is 38.8. The highest BCUT2D eigenvalue weighted by Gasteiger charge is 2.50. The molecule has 2 aliphatic heterocycles. The predicted molar refractivity (Wildman–Crippen MR) is 269 cm³/mol. The van der Waals surface area contributed by atoms with Gasteiger partial charge in [0.05, 0.1) is 30.9 Å². The standard InChI is InChI=1S/C18H37N5O9.3C10H21NO2/c19-3-9-8(25)2-7(22)17(29-9)31-15-5(20)1-6(21)16(14(15)28)32-18-13(27)11(23)12(26)10(4-24)30-18;3*1-2-3-4-5-6-7-8-9(11)10(12)13/h5-18,24-28H,1-4,19-23H2;3*9H,2-8,11H2,1H3,(H,12,13)/t5-,6+,7+,8-,9+,10+,11-,12+,13+,14-,15+,16-,17+,18+;;;/m0.../s1. The maximum Gasteiger partial charge on any atom is 0.320 e. The Morgan fingerprint density at radius 1 is 0.507 bits per heavy atom. The van der Waals surface area contributed by atoms with Crippen LogP contribution in [0.15, 0.2) is 0 Å². The molecule has 3 fully saturated rings. The Morgan fingerprint density at radius 2 is 0.859 bits per heavy atom. The third kappa shape index (κ3) is 28.3. The number of aliphatic hydroxyl groups excluding tert-OH is 5. The van der Waals surface area contributed by atoms with E-state index in [-0.39, 0.29) is 19.4 Å². The molecule has 0 aromatic carbocycles. The Labute approximate surface area is 422 Å². The van der Waals surface area contributed by atoms with Crippen molar-refractivity contribution in [3.63, 3.8) is 0 Å². The molecule has 1 aliphatic carbocycles. The number of rotatable bonds is 30. The Balaban J connectivity index is 0.00000104. The van der Waals surface area contributed by atoms with Crippen molar-refractivity contribution < 1.29 is 74.2 Å². The number of aliphatic hydroxyl groups is 5. The van der Waals surface area contributed by atoms with Gasteiger partial charge >= 0.3 is 17.9 Å². The van der Waals surface area contributed by atoms with E-state index in [1.807, 2.05) is 0 Å². The number of hydrogen-bond donors (Lipinski definition) is 16. The summed E-state index contributed by atoms with van der Waals surface area (Å²) in [6.07, 6.45) is 12.2. The van der Waals surface area contributed by atoms with Gasteiger partial charge in [-0.15, -0.1) is 0 Å². The van der Waals surface area contributed by atoms with E-state index in [1.54, 1.807) is 0 Å². The number of nitrogens with two attached hydrogens (primary N) is 8. The van der Waals surface area contributed by atoms with E-state index in [4.69, 9.17) is 80.1 Å². The predicted octanol–water partition coefficient (Wildman–Crippen LogP) is 0.151. The van der Waals surface area contributed by atoms with Crippen molar-refractivity contribution in [2.75, 3.05) is 13.2 Å². The smallest absolute Gasteiger partial charge is 0.320 e. The lowest BCUT2D eigenvalue weighted by Crippen LogP contribution is -2.68. The fourth-order valence-corrected chi connectivity index (χ4v) is 8.23. The first-order chi connectivity index (χ1) is 33.6. The van der Waals surface area contributed by atoms with E-state index in [2.05, 4.69) is 20.8 Å². The van der Waals surface area contributed by atoms with Gasteiger partial charge in [-0.1, -0.05) is 136 Å². The zero-order valence-electron chi connectivity index (χ0n) is 43.0. The molecule has 0 bridgehead atoms. The van der Waals surface area contributed by atoms with Gasteiger partial charge < -0.3 is 106 Å². The summed E-state index contributed by atoms with van der Waals surface area (Å²) in [6.45, 7) is 6.04. The number of ether oxygens (including phenoxy) is 4. The summed E-state index contributed by atoms with van der Waals surface area (Å²) in [7, 11) is 0. The monoisotopic (exact) mass is 1030 g/mol.